The number of benzene rings is 1. The average Bonchev–Trinajstić information content (AvgIpc) is 3.01. The van der Waals surface area contributed by atoms with Gasteiger partial charge >= 0.3 is 5.97 Å². The molecule has 1 heterocycles. The molecule has 1 N–H and O–H groups in total. The molecule has 0 radical (unpaired) electrons. The molecule has 0 amide bonds. The first kappa shape index (κ1) is 16.4. The van der Waals surface area contributed by atoms with Crippen LogP contribution < -0.4 is 0 Å². The molecule has 1 unspecified atom stereocenters. The predicted octanol–water partition coefficient (Wildman–Crippen LogP) is 0.955. The summed E-state index contributed by atoms with van der Waals surface area (Å²) in [6.45, 7) is 3.18. The fraction of sp³-hybridized carbons (Fsp3) is 0.562. The fourth-order valence-electron chi connectivity index (χ4n) is 3.35. The number of hydrogen-bond donors (Lipinski definition) is 1. The molecule has 2 aliphatic rings. The molecule has 0 bridgehead atoms. The van der Waals surface area contributed by atoms with Crippen molar-refractivity contribution < 1.29 is 18.3 Å². The van der Waals surface area contributed by atoms with Crippen LogP contribution in [-0.4, -0.2) is 60.9 Å². The summed E-state index contributed by atoms with van der Waals surface area (Å²) < 4.78 is 27.0. The van der Waals surface area contributed by atoms with Crippen molar-refractivity contribution in [3.8, 4) is 0 Å². The lowest BCUT2D eigenvalue weighted by molar-refractivity contribution is -0.143. The van der Waals surface area contributed by atoms with Gasteiger partial charge in [-0.05, 0) is 49.4 Å². The molecule has 7 heteroatoms. The largest absolute Gasteiger partial charge is 0.480 e. The average molecular weight is 338 g/mol. The summed E-state index contributed by atoms with van der Waals surface area (Å²) in [5.74, 6) is -0.875. The van der Waals surface area contributed by atoms with Crippen LogP contribution in [0.3, 0.4) is 0 Å². The first-order valence-electron chi connectivity index (χ1n) is 7.98. The van der Waals surface area contributed by atoms with Gasteiger partial charge in [-0.1, -0.05) is 6.07 Å². The van der Waals surface area contributed by atoms with Crippen molar-refractivity contribution in [3.63, 3.8) is 0 Å². The highest BCUT2D eigenvalue weighted by atomic mass is 32.2. The van der Waals surface area contributed by atoms with E-state index >= 15 is 0 Å². The van der Waals surface area contributed by atoms with Crippen LogP contribution in [0.15, 0.2) is 23.1 Å². The zero-order valence-electron chi connectivity index (χ0n) is 13.2. The van der Waals surface area contributed by atoms with E-state index in [9.17, 15) is 13.2 Å². The number of aliphatic carboxylic acids is 1. The van der Waals surface area contributed by atoms with Crippen molar-refractivity contribution in [2.45, 2.75) is 37.1 Å². The van der Waals surface area contributed by atoms with Gasteiger partial charge in [0, 0.05) is 26.2 Å². The van der Waals surface area contributed by atoms with Crippen LogP contribution in [0, 0.1) is 0 Å². The van der Waals surface area contributed by atoms with Gasteiger partial charge < -0.3 is 5.11 Å². The predicted molar refractivity (Wildman–Crippen MR) is 85.9 cm³/mol. The minimum atomic E-state index is -3.49. The number of fused-ring (bicyclic) bond motifs is 1. The molecular weight excluding hydrogens is 316 g/mol. The van der Waals surface area contributed by atoms with Crippen molar-refractivity contribution in [1.82, 2.24) is 9.21 Å². The number of rotatable bonds is 4. The number of nitrogens with zero attached hydrogens (tertiary/aromatic N) is 2. The Hall–Kier alpha value is -1.44. The summed E-state index contributed by atoms with van der Waals surface area (Å²) >= 11 is 0. The molecule has 1 aliphatic heterocycles. The molecule has 1 aliphatic carbocycles. The van der Waals surface area contributed by atoms with E-state index in [-0.39, 0.29) is 0 Å². The van der Waals surface area contributed by atoms with Crippen molar-refractivity contribution in [2.75, 3.05) is 26.2 Å². The molecule has 1 atom stereocenters. The molecule has 126 valence electrons. The third kappa shape index (κ3) is 3.13. The zero-order chi connectivity index (χ0) is 16.6. The van der Waals surface area contributed by atoms with Crippen LogP contribution in [-0.2, 0) is 27.7 Å². The van der Waals surface area contributed by atoms with Gasteiger partial charge in [0.2, 0.25) is 10.0 Å². The molecule has 0 spiro atoms. The third-order valence-electron chi connectivity index (χ3n) is 4.89. The summed E-state index contributed by atoms with van der Waals surface area (Å²) in [6.07, 6.45) is 3.06. The summed E-state index contributed by atoms with van der Waals surface area (Å²) in [6, 6.07) is 4.85. The lowest BCUT2D eigenvalue weighted by Gasteiger charge is -2.35. The SMILES string of the molecule is CC(C(=O)O)N1CCN(S(=O)(=O)c2ccc3c(c2)CCC3)CC1. The molecule has 1 saturated heterocycles. The number of piperazine rings is 1. The van der Waals surface area contributed by atoms with Gasteiger partial charge in [-0.15, -0.1) is 0 Å². The number of carboxylic acid groups (broad SMARTS) is 1. The topological polar surface area (TPSA) is 77.9 Å². The van der Waals surface area contributed by atoms with Crippen molar-refractivity contribution in [3.05, 3.63) is 29.3 Å². The first-order chi connectivity index (χ1) is 10.9. The highest BCUT2D eigenvalue weighted by Gasteiger charge is 2.32. The Kier molecular flexibility index (Phi) is 4.44. The maximum absolute atomic E-state index is 12.8. The Morgan fingerprint density at radius 1 is 1.13 bits per heavy atom. The lowest BCUT2D eigenvalue weighted by atomic mass is 10.1. The van der Waals surface area contributed by atoms with Gasteiger partial charge in [-0.3, -0.25) is 9.69 Å². The van der Waals surface area contributed by atoms with Crippen molar-refractivity contribution >= 4 is 16.0 Å². The molecular formula is C16H22N2O4S. The van der Waals surface area contributed by atoms with Gasteiger partial charge in [0.1, 0.15) is 6.04 Å². The maximum atomic E-state index is 12.8. The maximum Gasteiger partial charge on any atom is 0.320 e. The molecule has 1 aromatic rings. The monoisotopic (exact) mass is 338 g/mol. The molecule has 1 fully saturated rings. The molecule has 23 heavy (non-hydrogen) atoms. The van der Waals surface area contributed by atoms with E-state index in [4.69, 9.17) is 5.11 Å². The van der Waals surface area contributed by atoms with Gasteiger partial charge in [-0.25, -0.2) is 8.42 Å². The molecule has 0 saturated carbocycles. The van der Waals surface area contributed by atoms with E-state index in [2.05, 4.69) is 0 Å². The fourth-order valence-corrected chi connectivity index (χ4v) is 4.82. The van der Waals surface area contributed by atoms with E-state index in [0.717, 1.165) is 24.8 Å². The third-order valence-corrected chi connectivity index (χ3v) is 6.78. The van der Waals surface area contributed by atoms with Gasteiger partial charge in [0.15, 0.2) is 0 Å². The van der Waals surface area contributed by atoms with E-state index in [1.54, 1.807) is 17.9 Å². The number of carbonyl (C=O) groups is 1. The lowest BCUT2D eigenvalue weighted by Crippen LogP contribution is -2.53. The van der Waals surface area contributed by atoms with Crippen LogP contribution in [0.2, 0.25) is 0 Å². The van der Waals surface area contributed by atoms with Gasteiger partial charge in [0.05, 0.1) is 4.90 Å². The highest BCUT2D eigenvalue weighted by molar-refractivity contribution is 7.89. The second kappa shape index (κ2) is 6.22. The van der Waals surface area contributed by atoms with E-state index in [0.29, 0.717) is 31.1 Å². The van der Waals surface area contributed by atoms with E-state index in [1.807, 2.05) is 12.1 Å². The quantitative estimate of drug-likeness (QED) is 0.884. The summed E-state index contributed by atoms with van der Waals surface area (Å²) in [5, 5.41) is 9.05. The number of carboxylic acids is 1. The standard InChI is InChI=1S/C16H22N2O4S/c1-12(16(19)20)17-7-9-18(10-8-17)23(21,22)15-6-5-13-3-2-4-14(13)11-15/h5-6,11-12H,2-4,7-10H2,1H3,(H,19,20). The Labute approximate surface area is 136 Å². The van der Waals surface area contributed by atoms with Crippen molar-refractivity contribution in [1.29, 1.82) is 0 Å². The smallest absolute Gasteiger partial charge is 0.320 e. The van der Waals surface area contributed by atoms with Crippen LogP contribution in [0.5, 0.6) is 0 Å². The zero-order valence-corrected chi connectivity index (χ0v) is 14.1. The van der Waals surface area contributed by atoms with Crippen LogP contribution in [0.1, 0.15) is 24.5 Å². The minimum absolute atomic E-state index is 0.330. The van der Waals surface area contributed by atoms with E-state index in [1.165, 1.54) is 9.87 Å². The summed E-state index contributed by atoms with van der Waals surface area (Å²) in [4.78, 5) is 13.2. The second-order valence-corrected chi connectivity index (χ2v) is 8.18. The van der Waals surface area contributed by atoms with E-state index < -0.39 is 22.0 Å². The van der Waals surface area contributed by atoms with Crippen LogP contribution in [0.4, 0.5) is 0 Å². The molecule has 6 nitrogen and oxygen atoms in total. The first-order valence-corrected chi connectivity index (χ1v) is 9.42. The van der Waals surface area contributed by atoms with Crippen LogP contribution in [0.25, 0.3) is 0 Å². The minimum Gasteiger partial charge on any atom is -0.480 e. The highest BCUT2D eigenvalue weighted by Crippen LogP contribution is 2.26. The van der Waals surface area contributed by atoms with Gasteiger partial charge in [-0.2, -0.15) is 4.31 Å². The number of hydrogen-bond acceptors (Lipinski definition) is 4. The Morgan fingerprint density at radius 2 is 1.78 bits per heavy atom. The number of sulfonamides is 1. The van der Waals surface area contributed by atoms with Gasteiger partial charge in [0.25, 0.3) is 0 Å². The second-order valence-electron chi connectivity index (χ2n) is 6.24. The molecule has 1 aromatic carbocycles. The molecule has 0 aromatic heterocycles. The molecule has 3 rings (SSSR count). The summed E-state index contributed by atoms with van der Waals surface area (Å²) in [7, 11) is -3.49. The Bertz CT molecular complexity index is 709. The summed E-state index contributed by atoms with van der Waals surface area (Å²) in [5.41, 5.74) is 2.40. The Morgan fingerprint density at radius 3 is 2.43 bits per heavy atom. The van der Waals surface area contributed by atoms with Crippen molar-refractivity contribution in [2.24, 2.45) is 0 Å². The number of aryl methyl sites for hydroxylation is 2. The van der Waals surface area contributed by atoms with Crippen LogP contribution >= 0.6 is 0 Å². The normalized spacial score (nSPS) is 21.1. The Balaban J connectivity index is 1.73.